The predicted octanol–water partition coefficient (Wildman–Crippen LogP) is 3.91. The minimum absolute atomic E-state index is 0. The van der Waals surface area contributed by atoms with Crippen molar-refractivity contribution in [3.05, 3.63) is 47.3 Å². The highest BCUT2D eigenvalue weighted by Gasteiger charge is 2.06. The van der Waals surface area contributed by atoms with Gasteiger partial charge in [-0.2, -0.15) is 5.10 Å². The van der Waals surface area contributed by atoms with Crippen molar-refractivity contribution in [3.8, 4) is 5.75 Å². The summed E-state index contributed by atoms with van der Waals surface area (Å²) in [6.45, 7) is 11.5. The Hall–Kier alpha value is -1.77. The first-order valence-electron chi connectivity index (χ1n) is 9.66. The topological polar surface area (TPSA) is 63.5 Å². The number of para-hydroxylation sites is 1. The van der Waals surface area contributed by atoms with Crippen LogP contribution in [0.2, 0.25) is 0 Å². The van der Waals surface area contributed by atoms with Crippen molar-refractivity contribution in [2.75, 3.05) is 20.2 Å². The van der Waals surface area contributed by atoms with Crippen LogP contribution >= 0.6 is 24.0 Å². The second-order valence-electron chi connectivity index (χ2n) is 7.17. The second-order valence-corrected chi connectivity index (χ2v) is 7.17. The van der Waals surface area contributed by atoms with E-state index in [9.17, 15) is 0 Å². The molecule has 7 heteroatoms. The molecule has 156 valence electrons. The summed E-state index contributed by atoms with van der Waals surface area (Å²) in [6, 6.07) is 10.2. The van der Waals surface area contributed by atoms with Gasteiger partial charge in [-0.15, -0.1) is 24.0 Å². The maximum atomic E-state index is 5.92. The molecule has 0 spiro atoms. The molecule has 6 nitrogen and oxygen atoms in total. The predicted molar refractivity (Wildman–Crippen MR) is 127 cm³/mol. The van der Waals surface area contributed by atoms with Gasteiger partial charge in [0.15, 0.2) is 5.96 Å². The standard InChI is InChI=1S/C21H33N5O.HI/c1-16(2)15-27-20-10-7-6-9-19(20)14-24-21(22-5)23-11-8-12-26-18(4)13-17(3)25-26;/h6-7,9-10,13,16H,8,11-12,14-15H2,1-5H3,(H2,22,23,24);1H. The fourth-order valence-electron chi connectivity index (χ4n) is 2.78. The maximum Gasteiger partial charge on any atom is 0.191 e. The summed E-state index contributed by atoms with van der Waals surface area (Å²) in [4.78, 5) is 4.30. The number of aryl methyl sites for hydroxylation is 3. The Bertz CT molecular complexity index is 742. The first-order valence-corrected chi connectivity index (χ1v) is 9.66. The molecule has 0 bridgehead atoms. The summed E-state index contributed by atoms with van der Waals surface area (Å²) in [7, 11) is 1.79. The van der Waals surface area contributed by atoms with E-state index in [0.29, 0.717) is 12.5 Å². The second kappa shape index (κ2) is 12.6. The number of hydrogen-bond acceptors (Lipinski definition) is 3. The minimum Gasteiger partial charge on any atom is -0.493 e. The molecule has 2 rings (SSSR count). The Morgan fingerprint density at radius 2 is 1.96 bits per heavy atom. The Morgan fingerprint density at radius 1 is 1.21 bits per heavy atom. The molecular weight excluding hydrogens is 465 g/mol. The average molecular weight is 499 g/mol. The molecule has 0 saturated carbocycles. The third-order valence-corrected chi connectivity index (χ3v) is 4.16. The molecule has 1 heterocycles. The van der Waals surface area contributed by atoms with Gasteiger partial charge in [0.25, 0.3) is 0 Å². The van der Waals surface area contributed by atoms with Gasteiger partial charge in [-0.1, -0.05) is 32.0 Å². The molecule has 28 heavy (non-hydrogen) atoms. The average Bonchev–Trinajstić information content (AvgIpc) is 2.97. The van der Waals surface area contributed by atoms with Gasteiger partial charge >= 0.3 is 0 Å². The van der Waals surface area contributed by atoms with E-state index in [0.717, 1.165) is 49.1 Å². The lowest BCUT2D eigenvalue weighted by molar-refractivity contribution is 0.268. The molecule has 0 aliphatic carbocycles. The molecule has 0 aliphatic rings. The molecule has 1 aromatic heterocycles. The number of aliphatic imine (C=N–C) groups is 1. The summed E-state index contributed by atoms with van der Waals surface area (Å²) >= 11 is 0. The minimum atomic E-state index is 0. The van der Waals surface area contributed by atoms with Gasteiger partial charge in [0.1, 0.15) is 5.75 Å². The molecule has 0 amide bonds. The van der Waals surface area contributed by atoms with Crippen molar-refractivity contribution in [1.29, 1.82) is 0 Å². The van der Waals surface area contributed by atoms with Crippen molar-refractivity contribution in [1.82, 2.24) is 20.4 Å². The molecular formula is C21H34IN5O. The highest BCUT2D eigenvalue weighted by Crippen LogP contribution is 2.18. The van der Waals surface area contributed by atoms with E-state index >= 15 is 0 Å². The van der Waals surface area contributed by atoms with E-state index in [4.69, 9.17) is 4.74 Å². The van der Waals surface area contributed by atoms with Crippen LogP contribution in [0.15, 0.2) is 35.3 Å². The number of halogens is 1. The van der Waals surface area contributed by atoms with Crippen LogP contribution in [0.1, 0.15) is 37.2 Å². The monoisotopic (exact) mass is 499 g/mol. The SMILES string of the molecule is CN=C(NCCCn1nc(C)cc1C)NCc1ccccc1OCC(C)C.I. The molecule has 0 saturated heterocycles. The van der Waals surface area contributed by atoms with E-state index in [1.54, 1.807) is 7.05 Å². The summed E-state index contributed by atoms with van der Waals surface area (Å²) in [5, 5.41) is 11.2. The summed E-state index contributed by atoms with van der Waals surface area (Å²) in [6.07, 6.45) is 0.983. The third-order valence-electron chi connectivity index (χ3n) is 4.16. The maximum absolute atomic E-state index is 5.92. The number of nitrogens with zero attached hydrogens (tertiary/aromatic N) is 3. The van der Waals surface area contributed by atoms with Crippen molar-refractivity contribution >= 4 is 29.9 Å². The summed E-state index contributed by atoms with van der Waals surface area (Å²) in [5.41, 5.74) is 3.40. The quantitative estimate of drug-likeness (QED) is 0.238. The van der Waals surface area contributed by atoms with E-state index < -0.39 is 0 Å². The van der Waals surface area contributed by atoms with E-state index in [2.05, 4.69) is 58.3 Å². The van der Waals surface area contributed by atoms with Gasteiger partial charge in [-0.3, -0.25) is 9.67 Å². The Labute approximate surface area is 186 Å². The van der Waals surface area contributed by atoms with Crippen LogP contribution in [-0.4, -0.2) is 35.9 Å². The number of rotatable bonds is 9. The largest absolute Gasteiger partial charge is 0.493 e. The van der Waals surface area contributed by atoms with Crippen molar-refractivity contribution in [3.63, 3.8) is 0 Å². The number of aromatic nitrogens is 2. The van der Waals surface area contributed by atoms with Gasteiger partial charge in [0.2, 0.25) is 0 Å². The molecule has 2 N–H and O–H groups in total. The van der Waals surface area contributed by atoms with Gasteiger partial charge in [-0.05, 0) is 38.3 Å². The van der Waals surface area contributed by atoms with Crippen LogP contribution in [-0.2, 0) is 13.1 Å². The van der Waals surface area contributed by atoms with Crippen LogP contribution in [0.25, 0.3) is 0 Å². The number of guanidine groups is 1. The van der Waals surface area contributed by atoms with Gasteiger partial charge < -0.3 is 15.4 Å². The normalized spacial score (nSPS) is 11.3. The van der Waals surface area contributed by atoms with Crippen molar-refractivity contribution < 1.29 is 4.74 Å². The van der Waals surface area contributed by atoms with Crippen LogP contribution in [0.5, 0.6) is 5.75 Å². The lowest BCUT2D eigenvalue weighted by Gasteiger charge is -2.15. The highest BCUT2D eigenvalue weighted by atomic mass is 127. The molecule has 0 fully saturated rings. The first kappa shape index (κ1) is 24.3. The fraction of sp³-hybridized carbons (Fsp3) is 0.524. The summed E-state index contributed by atoms with van der Waals surface area (Å²) < 4.78 is 7.97. The molecule has 0 aliphatic heterocycles. The number of benzene rings is 1. The highest BCUT2D eigenvalue weighted by molar-refractivity contribution is 14.0. The zero-order valence-corrected chi connectivity index (χ0v) is 20.0. The van der Waals surface area contributed by atoms with Crippen LogP contribution < -0.4 is 15.4 Å². The van der Waals surface area contributed by atoms with Gasteiger partial charge in [0, 0.05) is 37.9 Å². The van der Waals surface area contributed by atoms with Crippen molar-refractivity contribution in [2.24, 2.45) is 10.9 Å². The number of nitrogens with one attached hydrogen (secondary N) is 2. The van der Waals surface area contributed by atoms with Crippen molar-refractivity contribution in [2.45, 2.75) is 47.2 Å². The lowest BCUT2D eigenvalue weighted by Crippen LogP contribution is -2.37. The molecule has 0 unspecified atom stereocenters. The zero-order valence-electron chi connectivity index (χ0n) is 17.7. The lowest BCUT2D eigenvalue weighted by atomic mass is 10.2. The zero-order chi connectivity index (χ0) is 19.6. The van der Waals surface area contributed by atoms with Crippen LogP contribution in [0, 0.1) is 19.8 Å². The molecule has 2 aromatic rings. The van der Waals surface area contributed by atoms with Gasteiger partial charge in [-0.25, -0.2) is 0 Å². The van der Waals surface area contributed by atoms with Gasteiger partial charge in [0.05, 0.1) is 12.3 Å². The Kier molecular flexibility index (Phi) is 11.0. The van der Waals surface area contributed by atoms with Crippen LogP contribution in [0.3, 0.4) is 0 Å². The van der Waals surface area contributed by atoms with Crippen LogP contribution in [0.4, 0.5) is 0 Å². The Morgan fingerprint density at radius 3 is 2.61 bits per heavy atom. The third kappa shape index (κ3) is 8.08. The van der Waals surface area contributed by atoms with E-state index in [1.807, 2.05) is 25.1 Å². The van der Waals surface area contributed by atoms with E-state index in [-0.39, 0.29) is 24.0 Å². The number of hydrogen-bond donors (Lipinski definition) is 2. The molecule has 0 atom stereocenters. The fourth-order valence-corrected chi connectivity index (χ4v) is 2.78. The molecule has 1 aromatic carbocycles. The van der Waals surface area contributed by atoms with E-state index in [1.165, 1.54) is 5.69 Å². The first-order chi connectivity index (χ1) is 13.0. The Balaban J connectivity index is 0.00000392. The smallest absolute Gasteiger partial charge is 0.191 e. The molecule has 0 radical (unpaired) electrons. The summed E-state index contributed by atoms with van der Waals surface area (Å²) in [5.74, 6) is 2.23. The number of ether oxygens (including phenoxy) is 1.